The summed E-state index contributed by atoms with van der Waals surface area (Å²) in [7, 11) is -0.906. The summed E-state index contributed by atoms with van der Waals surface area (Å²) in [4.78, 5) is 13.5. The van der Waals surface area contributed by atoms with Gasteiger partial charge in [0, 0.05) is 32.6 Å². The molecule has 0 aromatic heterocycles. The van der Waals surface area contributed by atoms with Gasteiger partial charge in [-0.15, -0.1) is 0 Å². The molecule has 1 amide bonds. The first-order valence-electron chi connectivity index (χ1n) is 8.38. The largest absolute Gasteiger partial charge is 0.497 e. The van der Waals surface area contributed by atoms with E-state index in [9.17, 15) is 13.2 Å². The smallest absolute Gasteiger partial charge is 0.244 e. The summed E-state index contributed by atoms with van der Waals surface area (Å²) in [6.07, 6.45) is 0. The van der Waals surface area contributed by atoms with E-state index in [0.717, 1.165) is 5.56 Å². The number of hydrogen-bond donors (Lipinski definition) is 1. The first kappa shape index (κ1) is 20.7. The van der Waals surface area contributed by atoms with Crippen molar-refractivity contribution in [3.8, 4) is 11.5 Å². The van der Waals surface area contributed by atoms with Crippen LogP contribution in [0, 0.1) is 0 Å². The summed E-state index contributed by atoms with van der Waals surface area (Å²) >= 11 is 0. The molecule has 0 aliphatic carbocycles. The average molecular weight is 392 g/mol. The number of sulfonamides is 1. The van der Waals surface area contributed by atoms with Crippen LogP contribution in [-0.2, 0) is 21.4 Å². The van der Waals surface area contributed by atoms with Gasteiger partial charge in [-0.2, -0.15) is 0 Å². The molecule has 0 aliphatic rings. The Labute approximate surface area is 160 Å². The van der Waals surface area contributed by atoms with Gasteiger partial charge in [-0.25, -0.2) is 13.1 Å². The molecule has 2 aromatic rings. The van der Waals surface area contributed by atoms with E-state index in [1.54, 1.807) is 11.0 Å². The highest BCUT2D eigenvalue weighted by Gasteiger charge is 2.20. The second-order valence-corrected chi connectivity index (χ2v) is 7.58. The molecule has 7 nitrogen and oxygen atoms in total. The molecule has 1 N–H and O–H groups in total. The number of methoxy groups -OCH3 is 2. The highest BCUT2D eigenvalue weighted by atomic mass is 32.2. The fourth-order valence-corrected chi connectivity index (χ4v) is 3.71. The van der Waals surface area contributed by atoms with Gasteiger partial charge in [-0.05, 0) is 17.7 Å². The van der Waals surface area contributed by atoms with Crippen molar-refractivity contribution in [2.45, 2.75) is 18.4 Å². The average Bonchev–Trinajstić information content (AvgIpc) is 2.67. The number of ether oxygens (including phenoxy) is 2. The summed E-state index contributed by atoms with van der Waals surface area (Å²) in [5.74, 6) is 0.561. The maximum absolute atomic E-state index is 12.6. The monoisotopic (exact) mass is 392 g/mol. The number of carbonyl (C=O) groups is 1. The summed E-state index contributed by atoms with van der Waals surface area (Å²) in [6.45, 7) is 2.22. The first-order valence-corrected chi connectivity index (χ1v) is 9.87. The van der Waals surface area contributed by atoms with Gasteiger partial charge in [-0.3, -0.25) is 4.79 Å². The van der Waals surface area contributed by atoms with Crippen molar-refractivity contribution in [1.82, 2.24) is 9.62 Å². The molecule has 27 heavy (non-hydrogen) atoms. The molecule has 0 unspecified atom stereocenters. The van der Waals surface area contributed by atoms with E-state index in [0.29, 0.717) is 12.3 Å². The van der Waals surface area contributed by atoms with Crippen molar-refractivity contribution in [2.75, 3.05) is 27.3 Å². The fourth-order valence-electron chi connectivity index (χ4n) is 2.54. The van der Waals surface area contributed by atoms with Crippen LogP contribution in [0.15, 0.2) is 53.4 Å². The number of nitrogens with zero attached hydrogens (tertiary/aromatic N) is 1. The Balaban J connectivity index is 2.04. The molecule has 0 spiro atoms. The lowest BCUT2D eigenvalue weighted by Crippen LogP contribution is -2.37. The number of benzene rings is 2. The van der Waals surface area contributed by atoms with E-state index >= 15 is 0 Å². The number of nitrogens with one attached hydrogen (secondary N) is 1. The molecule has 0 saturated carbocycles. The molecule has 0 bridgehead atoms. The van der Waals surface area contributed by atoms with Crippen molar-refractivity contribution in [2.24, 2.45) is 0 Å². The predicted molar refractivity (Wildman–Crippen MR) is 102 cm³/mol. The molecule has 2 aromatic carbocycles. The van der Waals surface area contributed by atoms with Crippen molar-refractivity contribution in [1.29, 1.82) is 0 Å². The molecular weight excluding hydrogens is 368 g/mol. The van der Waals surface area contributed by atoms with Crippen LogP contribution in [-0.4, -0.2) is 46.5 Å². The van der Waals surface area contributed by atoms with Crippen LogP contribution in [0.5, 0.6) is 11.5 Å². The number of hydrogen-bond acceptors (Lipinski definition) is 5. The minimum atomic E-state index is -3.79. The SMILES string of the molecule is COc1ccc(S(=O)(=O)NCCN(Cc2ccccc2)C(C)=O)c(OC)c1. The third-order valence-corrected chi connectivity index (χ3v) is 5.50. The lowest BCUT2D eigenvalue weighted by molar-refractivity contribution is -0.129. The van der Waals surface area contributed by atoms with Gasteiger partial charge >= 0.3 is 0 Å². The van der Waals surface area contributed by atoms with Gasteiger partial charge < -0.3 is 14.4 Å². The normalized spacial score (nSPS) is 11.1. The highest BCUT2D eigenvalue weighted by molar-refractivity contribution is 7.89. The Morgan fingerprint density at radius 1 is 1.07 bits per heavy atom. The Kier molecular flexibility index (Phi) is 7.20. The zero-order valence-corrected chi connectivity index (χ0v) is 16.5. The molecule has 0 radical (unpaired) electrons. The number of carbonyl (C=O) groups excluding carboxylic acids is 1. The molecular formula is C19H24N2O5S. The highest BCUT2D eigenvalue weighted by Crippen LogP contribution is 2.28. The van der Waals surface area contributed by atoms with Gasteiger partial charge in [0.25, 0.3) is 0 Å². The van der Waals surface area contributed by atoms with Crippen molar-refractivity contribution < 1.29 is 22.7 Å². The topological polar surface area (TPSA) is 84.9 Å². The van der Waals surface area contributed by atoms with Gasteiger partial charge in [0.2, 0.25) is 15.9 Å². The zero-order valence-electron chi connectivity index (χ0n) is 15.6. The summed E-state index contributed by atoms with van der Waals surface area (Å²) < 4.78 is 37.9. The van der Waals surface area contributed by atoms with E-state index in [2.05, 4.69) is 4.72 Å². The fraction of sp³-hybridized carbons (Fsp3) is 0.316. The Morgan fingerprint density at radius 2 is 1.78 bits per heavy atom. The number of amides is 1. The molecule has 0 atom stereocenters. The lowest BCUT2D eigenvalue weighted by atomic mass is 10.2. The maximum atomic E-state index is 12.6. The minimum Gasteiger partial charge on any atom is -0.497 e. The minimum absolute atomic E-state index is 0.0169. The Hall–Kier alpha value is -2.58. The second-order valence-electron chi connectivity index (χ2n) is 5.84. The number of rotatable bonds is 9. The van der Waals surface area contributed by atoms with E-state index in [4.69, 9.17) is 9.47 Å². The molecule has 2 rings (SSSR count). The van der Waals surface area contributed by atoms with Crippen LogP contribution < -0.4 is 14.2 Å². The third kappa shape index (κ3) is 5.70. The second kappa shape index (κ2) is 9.38. The van der Waals surface area contributed by atoms with E-state index < -0.39 is 10.0 Å². The van der Waals surface area contributed by atoms with Crippen LogP contribution in [0.1, 0.15) is 12.5 Å². The van der Waals surface area contributed by atoms with Gasteiger partial charge in [0.15, 0.2) is 0 Å². The summed E-state index contributed by atoms with van der Waals surface area (Å²) in [5.41, 5.74) is 0.979. The quantitative estimate of drug-likeness (QED) is 0.706. The molecule has 0 heterocycles. The standard InChI is InChI=1S/C19H24N2O5S/c1-15(22)21(14-16-7-5-4-6-8-16)12-11-20-27(23,24)19-10-9-17(25-2)13-18(19)26-3/h4-10,13,20H,11-12,14H2,1-3H3. The Morgan fingerprint density at radius 3 is 2.37 bits per heavy atom. The first-order chi connectivity index (χ1) is 12.9. The lowest BCUT2D eigenvalue weighted by Gasteiger charge is -2.21. The van der Waals surface area contributed by atoms with Crippen LogP contribution in [0.4, 0.5) is 0 Å². The zero-order chi connectivity index (χ0) is 19.9. The van der Waals surface area contributed by atoms with E-state index in [-0.39, 0.29) is 29.6 Å². The van der Waals surface area contributed by atoms with Crippen molar-refractivity contribution >= 4 is 15.9 Å². The molecule has 0 saturated heterocycles. The molecule has 8 heteroatoms. The van der Waals surface area contributed by atoms with Crippen LogP contribution in [0.3, 0.4) is 0 Å². The van der Waals surface area contributed by atoms with Crippen LogP contribution in [0.2, 0.25) is 0 Å². The third-order valence-electron chi connectivity index (χ3n) is 4.00. The maximum Gasteiger partial charge on any atom is 0.244 e. The van der Waals surface area contributed by atoms with Gasteiger partial charge in [0.1, 0.15) is 16.4 Å². The van der Waals surface area contributed by atoms with Gasteiger partial charge in [0.05, 0.1) is 14.2 Å². The van der Waals surface area contributed by atoms with Crippen LogP contribution >= 0.6 is 0 Å². The van der Waals surface area contributed by atoms with Crippen molar-refractivity contribution in [3.05, 3.63) is 54.1 Å². The predicted octanol–water partition coefficient (Wildman–Crippen LogP) is 2.03. The Bertz CT molecular complexity index is 869. The van der Waals surface area contributed by atoms with E-state index in [1.807, 2.05) is 30.3 Å². The van der Waals surface area contributed by atoms with Gasteiger partial charge in [-0.1, -0.05) is 30.3 Å². The molecule has 0 aliphatic heterocycles. The van der Waals surface area contributed by atoms with E-state index in [1.165, 1.54) is 33.3 Å². The van der Waals surface area contributed by atoms with Crippen molar-refractivity contribution in [3.63, 3.8) is 0 Å². The van der Waals surface area contributed by atoms with Crippen LogP contribution in [0.25, 0.3) is 0 Å². The summed E-state index contributed by atoms with van der Waals surface area (Å²) in [6, 6.07) is 14.0. The summed E-state index contributed by atoms with van der Waals surface area (Å²) in [5, 5.41) is 0. The molecule has 0 fully saturated rings. The molecule has 146 valence electrons.